The van der Waals surface area contributed by atoms with Crippen molar-refractivity contribution in [2.45, 2.75) is 71.0 Å². The molecule has 1 aliphatic carbocycles. The van der Waals surface area contributed by atoms with E-state index in [-0.39, 0.29) is 24.9 Å². The Labute approximate surface area is 254 Å². The van der Waals surface area contributed by atoms with E-state index in [0.717, 1.165) is 64.9 Å². The molecule has 3 aromatic rings. The lowest BCUT2D eigenvalue weighted by molar-refractivity contribution is -0.140. The summed E-state index contributed by atoms with van der Waals surface area (Å²) in [7, 11) is -3.82. The molecule has 0 saturated heterocycles. The first-order valence-electron chi connectivity index (χ1n) is 14.4. The van der Waals surface area contributed by atoms with Crippen LogP contribution in [0.25, 0.3) is 0 Å². The molecular weight excluding hydrogens is 570 g/mol. The van der Waals surface area contributed by atoms with Gasteiger partial charge in [-0.1, -0.05) is 79.4 Å². The summed E-state index contributed by atoms with van der Waals surface area (Å²) in [6, 6.07) is 21.2. The molecule has 1 saturated carbocycles. The van der Waals surface area contributed by atoms with Crippen molar-refractivity contribution in [1.29, 1.82) is 0 Å². The van der Waals surface area contributed by atoms with E-state index in [1.54, 1.807) is 30.3 Å². The number of carbonyl (C=O) groups is 2. The number of nitrogens with zero attached hydrogens (tertiary/aromatic N) is 2. The third-order valence-corrected chi connectivity index (χ3v) is 9.30. The summed E-state index contributed by atoms with van der Waals surface area (Å²) in [5, 5.41) is 3.72. The Kier molecular flexibility index (Phi) is 10.7. The second-order valence-electron chi connectivity index (χ2n) is 11.2. The van der Waals surface area contributed by atoms with E-state index >= 15 is 0 Å². The Balaban J connectivity index is 1.73. The third-order valence-electron chi connectivity index (χ3n) is 7.92. The van der Waals surface area contributed by atoms with Gasteiger partial charge in [-0.15, -0.1) is 0 Å². The Bertz CT molecular complexity index is 1490. The molecule has 4 rings (SSSR count). The van der Waals surface area contributed by atoms with Gasteiger partial charge < -0.3 is 10.2 Å². The lowest BCUT2D eigenvalue weighted by Crippen LogP contribution is -2.55. The highest BCUT2D eigenvalue weighted by Gasteiger charge is 2.34. The van der Waals surface area contributed by atoms with Gasteiger partial charge in [0.25, 0.3) is 0 Å². The lowest BCUT2D eigenvalue weighted by Gasteiger charge is -2.35. The Morgan fingerprint density at radius 2 is 1.60 bits per heavy atom. The molecule has 1 N–H and O–H groups in total. The van der Waals surface area contributed by atoms with E-state index in [1.807, 2.05) is 56.3 Å². The fourth-order valence-electron chi connectivity index (χ4n) is 5.42. The molecule has 0 unspecified atom stereocenters. The zero-order valence-corrected chi connectivity index (χ0v) is 26.1. The SMILES string of the molecule is Cc1ccc(N(CC(=O)N(Cc2cccc(Cl)c2)[C@@H](Cc2ccccc2)C(=O)NC2CCCCC2)S(C)(=O)=O)cc1C. The van der Waals surface area contributed by atoms with Gasteiger partial charge in [-0.3, -0.25) is 13.9 Å². The maximum absolute atomic E-state index is 14.2. The van der Waals surface area contributed by atoms with E-state index < -0.39 is 28.5 Å². The number of rotatable bonds is 11. The number of amides is 2. The smallest absolute Gasteiger partial charge is 0.244 e. The van der Waals surface area contributed by atoms with Crippen molar-refractivity contribution in [3.05, 3.63) is 100 Å². The molecule has 0 aromatic heterocycles. The van der Waals surface area contributed by atoms with Crippen molar-refractivity contribution >= 4 is 39.1 Å². The Morgan fingerprint density at radius 3 is 2.24 bits per heavy atom. The normalized spacial score (nSPS) is 14.7. The molecule has 9 heteroatoms. The second-order valence-corrected chi connectivity index (χ2v) is 13.6. The van der Waals surface area contributed by atoms with Crippen molar-refractivity contribution in [2.24, 2.45) is 0 Å². The molecule has 0 bridgehead atoms. The quantitative estimate of drug-likeness (QED) is 0.297. The monoisotopic (exact) mass is 609 g/mol. The minimum atomic E-state index is -3.82. The lowest BCUT2D eigenvalue weighted by atomic mass is 9.94. The van der Waals surface area contributed by atoms with Crippen LogP contribution in [0, 0.1) is 13.8 Å². The molecule has 0 spiro atoms. The molecule has 2 amide bonds. The van der Waals surface area contributed by atoms with Crippen molar-refractivity contribution in [3.8, 4) is 0 Å². The van der Waals surface area contributed by atoms with Gasteiger partial charge in [-0.25, -0.2) is 8.42 Å². The van der Waals surface area contributed by atoms with E-state index in [4.69, 9.17) is 11.6 Å². The van der Waals surface area contributed by atoms with Crippen LogP contribution >= 0.6 is 11.6 Å². The average Bonchev–Trinajstić information content (AvgIpc) is 2.95. The van der Waals surface area contributed by atoms with Gasteiger partial charge in [0.15, 0.2) is 0 Å². The average molecular weight is 610 g/mol. The maximum Gasteiger partial charge on any atom is 0.244 e. The number of hydrogen-bond donors (Lipinski definition) is 1. The van der Waals surface area contributed by atoms with E-state index in [9.17, 15) is 18.0 Å². The molecule has 224 valence electrons. The van der Waals surface area contributed by atoms with Crippen LogP contribution in [-0.2, 0) is 32.6 Å². The molecule has 42 heavy (non-hydrogen) atoms. The molecule has 0 radical (unpaired) electrons. The van der Waals surface area contributed by atoms with Crippen LogP contribution in [0.15, 0.2) is 72.8 Å². The third kappa shape index (κ3) is 8.58. The summed E-state index contributed by atoms with van der Waals surface area (Å²) in [6.45, 7) is 3.50. The number of aryl methyl sites for hydroxylation is 2. The predicted molar refractivity (Wildman–Crippen MR) is 169 cm³/mol. The zero-order valence-electron chi connectivity index (χ0n) is 24.6. The van der Waals surface area contributed by atoms with E-state index in [2.05, 4.69) is 5.32 Å². The highest BCUT2D eigenvalue weighted by Crippen LogP contribution is 2.24. The van der Waals surface area contributed by atoms with Crippen LogP contribution < -0.4 is 9.62 Å². The predicted octanol–water partition coefficient (Wildman–Crippen LogP) is 5.81. The summed E-state index contributed by atoms with van der Waals surface area (Å²) in [4.78, 5) is 29.8. The number of hydrogen-bond acceptors (Lipinski definition) is 4. The molecular formula is C33H40ClN3O4S. The van der Waals surface area contributed by atoms with Crippen molar-refractivity contribution < 1.29 is 18.0 Å². The molecule has 3 aromatic carbocycles. The topological polar surface area (TPSA) is 86.8 Å². The minimum Gasteiger partial charge on any atom is -0.352 e. The van der Waals surface area contributed by atoms with Crippen LogP contribution in [0.5, 0.6) is 0 Å². The number of anilines is 1. The summed E-state index contributed by atoms with van der Waals surface area (Å²) in [6.07, 6.45) is 6.44. The standard InChI is InChI=1S/C33H40ClN3O4S/c1-24-17-18-30(19-25(24)2)37(42(3,40)41)23-32(38)36(22-27-13-10-14-28(34)20-27)31(21-26-11-6-4-7-12-26)33(39)35-29-15-8-5-9-16-29/h4,6-7,10-14,17-20,29,31H,5,8-9,15-16,21-23H2,1-3H3,(H,35,39)/t31-/m0/s1. The first-order valence-corrected chi connectivity index (χ1v) is 16.7. The summed E-state index contributed by atoms with van der Waals surface area (Å²) < 4.78 is 27.1. The van der Waals surface area contributed by atoms with Gasteiger partial charge in [0.2, 0.25) is 21.8 Å². The van der Waals surface area contributed by atoms with Gasteiger partial charge >= 0.3 is 0 Å². The van der Waals surface area contributed by atoms with Gasteiger partial charge in [0, 0.05) is 24.0 Å². The van der Waals surface area contributed by atoms with Crippen molar-refractivity contribution in [2.75, 3.05) is 17.1 Å². The fraction of sp³-hybridized carbons (Fsp3) is 0.394. The number of carbonyl (C=O) groups excluding carboxylic acids is 2. The van der Waals surface area contributed by atoms with Gasteiger partial charge in [-0.05, 0) is 73.2 Å². The second kappa shape index (κ2) is 14.2. The largest absolute Gasteiger partial charge is 0.352 e. The summed E-state index contributed by atoms with van der Waals surface area (Å²) >= 11 is 6.29. The minimum absolute atomic E-state index is 0.0516. The Hall–Kier alpha value is -3.36. The first kappa shape index (κ1) is 31.6. The van der Waals surface area contributed by atoms with Crippen LogP contribution in [0.1, 0.15) is 54.4 Å². The highest BCUT2D eigenvalue weighted by atomic mass is 35.5. The maximum atomic E-state index is 14.2. The van der Waals surface area contributed by atoms with Gasteiger partial charge in [0.1, 0.15) is 12.6 Å². The number of sulfonamides is 1. The number of halogens is 1. The fourth-order valence-corrected chi connectivity index (χ4v) is 6.48. The van der Waals surface area contributed by atoms with Crippen LogP contribution in [0.4, 0.5) is 5.69 Å². The van der Waals surface area contributed by atoms with E-state index in [1.165, 1.54) is 4.90 Å². The van der Waals surface area contributed by atoms with Crippen LogP contribution in [-0.4, -0.2) is 50.0 Å². The Morgan fingerprint density at radius 1 is 0.905 bits per heavy atom. The van der Waals surface area contributed by atoms with E-state index in [0.29, 0.717) is 10.7 Å². The summed E-state index contributed by atoms with van der Waals surface area (Å²) in [5.74, 6) is -0.712. The van der Waals surface area contributed by atoms with Crippen molar-refractivity contribution in [3.63, 3.8) is 0 Å². The molecule has 1 fully saturated rings. The van der Waals surface area contributed by atoms with Crippen LogP contribution in [0.3, 0.4) is 0 Å². The highest BCUT2D eigenvalue weighted by molar-refractivity contribution is 7.92. The molecule has 1 aliphatic rings. The molecule has 0 heterocycles. The molecule has 1 atom stereocenters. The van der Waals surface area contributed by atoms with Gasteiger partial charge in [-0.2, -0.15) is 0 Å². The summed E-state index contributed by atoms with van der Waals surface area (Å²) in [5.41, 5.74) is 3.99. The number of benzene rings is 3. The molecule has 0 aliphatic heterocycles. The number of nitrogens with one attached hydrogen (secondary N) is 1. The first-order chi connectivity index (χ1) is 20.0. The molecule has 7 nitrogen and oxygen atoms in total. The van der Waals surface area contributed by atoms with Crippen LogP contribution in [0.2, 0.25) is 5.02 Å². The zero-order chi connectivity index (χ0) is 30.3. The van der Waals surface area contributed by atoms with Gasteiger partial charge in [0.05, 0.1) is 11.9 Å². The van der Waals surface area contributed by atoms with Crippen molar-refractivity contribution in [1.82, 2.24) is 10.2 Å².